The summed E-state index contributed by atoms with van der Waals surface area (Å²) in [6.07, 6.45) is 8.19. The molecule has 128 valence electrons. The topological polar surface area (TPSA) is 49.7 Å². The maximum absolute atomic E-state index is 10.8. The number of benzene rings is 1. The van der Waals surface area contributed by atoms with Crippen LogP contribution in [0.2, 0.25) is 0 Å². The fourth-order valence-corrected chi connectivity index (χ4v) is 3.65. The first-order valence-corrected chi connectivity index (χ1v) is 8.49. The second-order valence-electron chi connectivity index (χ2n) is 7.52. The third kappa shape index (κ3) is 2.48. The second-order valence-corrected chi connectivity index (χ2v) is 7.52. The number of phenols is 1. The number of rotatable bonds is 2. The molecule has 0 radical (unpaired) electrons. The Bertz CT molecular complexity index is 764. The van der Waals surface area contributed by atoms with Gasteiger partial charge in [0.05, 0.1) is 13.2 Å². The highest BCUT2D eigenvalue weighted by molar-refractivity contribution is 5.75. The van der Waals surface area contributed by atoms with Gasteiger partial charge in [-0.3, -0.25) is 0 Å². The summed E-state index contributed by atoms with van der Waals surface area (Å²) in [4.78, 5) is 0. The van der Waals surface area contributed by atoms with Gasteiger partial charge in [-0.2, -0.15) is 0 Å². The van der Waals surface area contributed by atoms with Gasteiger partial charge in [-0.25, -0.2) is 0 Å². The lowest BCUT2D eigenvalue weighted by Crippen LogP contribution is -2.32. The van der Waals surface area contributed by atoms with Crippen molar-refractivity contribution in [1.29, 1.82) is 0 Å². The highest BCUT2D eigenvalue weighted by Crippen LogP contribution is 2.46. The van der Waals surface area contributed by atoms with E-state index in [1.54, 1.807) is 7.11 Å². The highest BCUT2D eigenvalue weighted by atomic mass is 16.5. The molecule has 0 heterocycles. The van der Waals surface area contributed by atoms with Crippen LogP contribution in [-0.2, 0) is 6.42 Å². The molecule has 2 aliphatic carbocycles. The first-order chi connectivity index (χ1) is 11.3. The van der Waals surface area contributed by atoms with Crippen LogP contribution in [0.15, 0.2) is 35.4 Å². The van der Waals surface area contributed by atoms with Crippen molar-refractivity contribution in [2.45, 2.75) is 46.1 Å². The SMILES string of the molecule is COc1c(C(C)C)cc2c(c1O)C=C1C=C[C@@H](O)C(C)(C)C1=CC2. The Balaban J connectivity index is 2.23. The molecule has 1 aromatic rings. The van der Waals surface area contributed by atoms with Crippen molar-refractivity contribution >= 4 is 6.08 Å². The Hall–Kier alpha value is -2.00. The lowest BCUT2D eigenvalue weighted by molar-refractivity contribution is 0.116. The molecule has 0 bridgehead atoms. The van der Waals surface area contributed by atoms with Gasteiger partial charge < -0.3 is 14.9 Å². The second kappa shape index (κ2) is 5.82. The van der Waals surface area contributed by atoms with Crippen molar-refractivity contribution in [2.24, 2.45) is 5.41 Å². The number of aliphatic hydroxyl groups is 1. The van der Waals surface area contributed by atoms with Crippen LogP contribution in [0.5, 0.6) is 11.5 Å². The fourth-order valence-electron chi connectivity index (χ4n) is 3.65. The maximum Gasteiger partial charge on any atom is 0.165 e. The average Bonchev–Trinajstić information content (AvgIpc) is 2.71. The quantitative estimate of drug-likeness (QED) is 0.849. The number of methoxy groups -OCH3 is 1. The molecule has 1 atom stereocenters. The monoisotopic (exact) mass is 326 g/mol. The van der Waals surface area contributed by atoms with E-state index in [0.29, 0.717) is 5.75 Å². The summed E-state index contributed by atoms with van der Waals surface area (Å²) in [7, 11) is 1.60. The number of fused-ring (bicyclic) bond motifs is 2. The Kier molecular flexibility index (Phi) is 4.08. The zero-order valence-electron chi connectivity index (χ0n) is 15.1. The molecule has 3 nitrogen and oxygen atoms in total. The summed E-state index contributed by atoms with van der Waals surface area (Å²) in [6, 6.07) is 2.14. The van der Waals surface area contributed by atoms with Gasteiger partial charge >= 0.3 is 0 Å². The summed E-state index contributed by atoms with van der Waals surface area (Å²) in [5, 5.41) is 21.1. The van der Waals surface area contributed by atoms with Crippen LogP contribution in [0.3, 0.4) is 0 Å². The Morgan fingerprint density at radius 3 is 2.62 bits per heavy atom. The highest BCUT2D eigenvalue weighted by Gasteiger charge is 2.35. The van der Waals surface area contributed by atoms with E-state index in [9.17, 15) is 10.2 Å². The van der Waals surface area contributed by atoms with Gasteiger partial charge in [-0.05, 0) is 35.1 Å². The van der Waals surface area contributed by atoms with E-state index in [4.69, 9.17) is 4.74 Å². The van der Waals surface area contributed by atoms with Gasteiger partial charge in [0.1, 0.15) is 0 Å². The minimum atomic E-state index is -0.503. The van der Waals surface area contributed by atoms with Gasteiger partial charge in [0, 0.05) is 16.5 Å². The molecule has 2 aliphatic rings. The molecular formula is C21H26O3. The third-order valence-electron chi connectivity index (χ3n) is 5.26. The van der Waals surface area contributed by atoms with Crippen molar-refractivity contribution in [3.05, 3.63) is 52.1 Å². The normalized spacial score (nSPS) is 21.5. The molecule has 0 spiro atoms. The maximum atomic E-state index is 10.8. The molecule has 0 fully saturated rings. The Morgan fingerprint density at radius 1 is 1.29 bits per heavy atom. The molecule has 24 heavy (non-hydrogen) atoms. The first-order valence-electron chi connectivity index (χ1n) is 8.49. The third-order valence-corrected chi connectivity index (χ3v) is 5.26. The van der Waals surface area contributed by atoms with Crippen molar-refractivity contribution in [1.82, 2.24) is 0 Å². The summed E-state index contributed by atoms with van der Waals surface area (Å²) in [5.41, 5.74) is 4.74. The van der Waals surface area contributed by atoms with Gasteiger partial charge in [0.15, 0.2) is 11.5 Å². The summed E-state index contributed by atoms with van der Waals surface area (Å²) < 4.78 is 5.48. The van der Waals surface area contributed by atoms with Crippen LogP contribution < -0.4 is 4.74 Å². The van der Waals surface area contributed by atoms with Gasteiger partial charge in [-0.15, -0.1) is 0 Å². The largest absolute Gasteiger partial charge is 0.504 e. The molecule has 0 saturated heterocycles. The lowest BCUT2D eigenvalue weighted by Gasteiger charge is -2.35. The van der Waals surface area contributed by atoms with Crippen LogP contribution in [0.1, 0.15) is 50.3 Å². The Labute approximate surface area is 144 Å². The number of phenolic OH excluding ortho intramolecular Hbond substituents is 1. The fraction of sp³-hybridized carbons (Fsp3) is 0.429. The van der Waals surface area contributed by atoms with E-state index in [0.717, 1.165) is 34.3 Å². The molecule has 1 aromatic carbocycles. The smallest absolute Gasteiger partial charge is 0.165 e. The molecular weight excluding hydrogens is 300 g/mol. The van der Waals surface area contributed by atoms with E-state index >= 15 is 0 Å². The number of aromatic hydroxyl groups is 1. The zero-order chi connectivity index (χ0) is 17.6. The molecule has 0 aromatic heterocycles. The van der Waals surface area contributed by atoms with Crippen molar-refractivity contribution < 1.29 is 14.9 Å². The molecule has 0 amide bonds. The minimum Gasteiger partial charge on any atom is -0.504 e. The summed E-state index contributed by atoms with van der Waals surface area (Å²) in [5.74, 6) is 1.03. The Morgan fingerprint density at radius 2 is 2.00 bits per heavy atom. The number of allylic oxidation sites excluding steroid dienone is 3. The summed E-state index contributed by atoms with van der Waals surface area (Å²) >= 11 is 0. The zero-order valence-corrected chi connectivity index (χ0v) is 15.1. The molecule has 2 N–H and O–H groups in total. The first kappa shape index (κ1) is 16.8. The van der Waals surface area contributed by atoms with E-state index < -0.39 is 6.10 Å². The van der Waals surface area contributed by atoms with Crippen molar-refractivity contribution in [3.8, 4) is 11.5 Å². The standard InChI is InChI=1S/C21H26O3/c1-12(2)15-10-13-6-8-17-14(7-9-18(22)21(17,3)4)11-16(13)19(23)20(15)24-5/h7-12,18,22-23H,6H2,1-5H3/t18-/m1/s1. The molecule has 0 aliphatic heterocycles. The van der Waals surface area contributed by atoms with Crippen LogP contribution in [0.25, 0.3) is 6.08 Å². The van der Waals surface area contributed by atoms with Crippen molar-refractivity contribution in [2.75, 3.05) is 7.11 Å². The molecule has 0 saturated carbocycles. The van der Waals surface area contributed by atoms with Gasteiger partial charge in [0.25, 0.3) is 0 Å². The number of aliphatic hydroxyl groups excluding tert-OH is 1. The summed E-state index contributed by atoms with van der Waals surface area (Å²) in [6.45, 7) is 8.30. The van der Waals surface area contributed by atoms with Crippen molar-refractivity contribution in [3.63, 3.8) is 0 Å². The average molecular weight is 326 g/mol. The number of hydrogen-bond donors (Lipinski definition) is 2. The lowest BCUT2D eigenvalue weighted by atomic mass is 9.72. The van der Waals surface area contributed by atoms with Crippen LogP contribution in [0, 0.1) is 5.41 Å². The molecule has 0 unspecified atom stereocenters. The number of hydrogen-bond acceptors (Lipinski definition) is 3. The molecule has 3 rings (SSSR count). The van der Waals surface area contributed by atoms with Crippen LogP contribution in [0.4, 0.5) is 0 Å². The minimum absolute atomic E-state index is 0.207. The van der Waals surface area contributed by atoms with Gasteiger partial charge in [0.2, 0.25) is 0 Å². The molecule has 3 heteroatoms. The predicted molar refractivity (Wildman–Crippen MR) is 97.4 cm³/mol. The van der Waals surface area contributed by atoms with E-state index in [2.05, 4.69) is 39.8 Å². The van der Waals surface area contributed by atoms with E-state index in [1.165, 1.54) is 0 Å². The van der Waals surface area contributed by atoms with Gasteiger partial charge in [-0.1, -0.05) is 52.0 Å². The van der Waals surface area contributed by atoms with E-state index in [1.807, 2.05) is 18.2 Å². The predicted octanol–water partition coefficient (Wildman–Crippen LogP) is 4.35. The van der Waals surface area contributed by atoms with E-state index in [-0.39, 0.29) is 17.1 Å². The number of ether oxygens (including phenoxy) is 1. The van der Waals surface area contributed by atoms with Crippen LogP contribution >= 0.6 is 0 Å². The van der Waals surface area contributed by atoms with Crippen LogP contribution in [-0.4, -0.2) is 23.4 Å².